The topological polar surface area (TPSA) is 26.3 Å². The Morgan fingerprint density at radius 3 is 2.69 bits per heavy atom. The molecule has 1 fully saturated rings. The van der Waals surface area contributed by atoms with E-state index in [1.54, 1.807) is 0 Å². The standard InChI is InChI=1S/C14H18O2/c1-10(2)13-5-3-4-6-14(13)16-12-8-7-11(15)9-12/h3-6,10,12H,7-9H2,1-2H3. The molecule has 1 aliphatic rings. The van der Waals surface area contributed by atoms with Gasteiger partial charge in [0, 0.05) is 12.8 Å². The molecule has 2 nitrogen and oxygen atoms in total. The van der Waals surface area contributed by atoms with Gasteiger partial charge in [0.15, 0.2) is 0 Å². The van der Waals surface area contributed by atoms with Crippen molar-refractivity contribution in [1.82, 2.24) is 0 Å². The van der Waals surface area contributed by atoms with Crippen LogP contribution in [0, 0.1) is 0 Å². The van der Waals surface area contributed by atoms with Crippen LogP contribution in [0.4, 0.5) is 0 Å². The zero-order valence-corrected chi connectivity index (χ0v) is 9.90. The lowest BCUT2D eigenvalue weighted by atomic mass is 10.0. The van der Waals surface area contributed by atoms with Crippen LogP contribution >= 0.6 is 0 Å². The number of rotatable bonds is 3. The van der Waals surface area contributed by atoms with Gasteiger partial charge < -0.3 is 4.74 Å². The first-order chi connectivity index (χ1) is 7.66. The number of carbonyl (C=O) groups excluding carboxylic acids is 1. The lowest BCUT2D eigenvalue weighted by Crippen LogP contribution is -2.13. The lowest BCUT2D eigenvalue weighted by molar-refractivity contribution is -0.117. The summed E-state index contributed by atoms with van der Waals surface area (Å²) in [5.74, 6) is 1.72. The number of ketones is 1. The molecule has 0 heterocycles. The van der Waals surface area contributed by atoms with E-state index in [0.29, 0.717) is 24.5 Å². The van der Waals surface area contributed by atoms with Gasteiger partial charge in [-0.1, -0.05) is 32.0 Å². The van der Waals surface area contributed by atoms with E-state index in [2.05, 4.69) is 19.9 Å². The van der Waals surface area contributed by atoms with Crippen LogP contribution in [0.1, 0.15) is 44.6 Å². The number of hydrogen-bond acceptors (Lipinski definition) is 2. The summed E-state index contributed by atoms with van der Waals surface area (Å²) in [6.07, 6.45) is 2.21. The predicted molar refractivity (Wildman–Crippen MR) is 63.8 cm³/mol. The third-order valence-corrected chi connectivity index (χ3v) is 3.04. The third-order valence-electron chi connectivity index (χ3n) is 3.04. The van der Waals surface area contributed by atoms with Crippen LogP contribution < -0.4 is 4.74 Å². The highest BCUT2D eigenvalue weighted by atomic mass is 16.5. The van der Waals surface area contributed by atoms with Crippen molar-refractivity contribution in [3.63, 3.8) is 0 Å². The Balaban J connectivity index is 2.11. The number of carbonyl (C=O) groups is 1. The summed E-state index contributed by atoms with van der Waals surface area (Å²) in [5.41, 5.74) is 1.22. The summed E-state index contributed by atoms with van der Waals surface area (Å²) in [5, 5.41) is 0. The molecule has 16 heavy (non-hydrogen) atoms. The molecule has 2 heteroatoms. The maximum atomic E-state index is 11.2. The van der Waals surface area contributed by atoms with Gasteiger partial charge >= 0.3 is 0 Å². The van der Waals surface area contributed by atoms with Gasteiger partial charge in [-0.2, -0.15) is 0 Å². The average Bonchev–Trinajstić information content (AvgIpc) is 2.64. The monoisotopic (exact) mass is 218 g/mol. The molecule has 0 aromatic heterocycles. The second-order valence-corrected chi connectivity index (χ2v) is 4.71. The molecule has 1 atom stereocenters. The van der Waals surface area contributed by atoms with Crippen molar-refractivity contribution in [3.05, 3.63) is 29.8 Å². The van der Waals surface area contributed by atoms with Gasteiger partial charge in [-0.3, -0.25) is 4.79 Å². The van der Waals surface area contributed by atoms with Crippen LogP contribution in [0.25, 0.3) is 0 Å². The van der Waals surface area contributed by atoms with Crippen molar-refractivity contribution in [3.8, 4) is 5.75 Å². The smallest absolute Gasteiger partial charge is 0.136 e. The first kappa shape index (κ1) is 11.2. The number of ether oxygens (including phenoxy) is 1. The van der Waals surface area contributed by atoms with Crippen LogP contribution in [-0.2, 0) is 4.79 Å². The minimum absolute atomic E-state index is 0.0902. The molecule has 1 saturated carbocycles. The van der Waals surface area contributed by atoms with Gasteiger partial charge in [0.2, 0.25) is 0 Å². The fraction of sp³-hybridized carbons (Fsp3) is 0.500. The molecule has 1 aliphatic carbocycles. The molecule has 1 aromatic rings. The molecular weight excluding hydrogens is 200 g/mol. The maximum Gasteiger partial charge on any atom is 0.136 e. The van der Waals surface area contributed by atoms with Crippen molar-refractivity contribution in [2.75, 3.05) is 0 Å². The molecule has 0 spiro atoms. The Morgan fingerprint density at radius 1 is 1.31 bits per heavy atom. The summed E-state index contributed by atoms with van der Waals surface area (Å²) in [4.78, 5) is 11.2. The summed E-state index contributed by atoms with van der Waals surface area (Å²) >= 11 is 0. The zero-order chi connectivity index (χ0) is 11.5. The first-order valence-electron chi connectivity index (χ1n) is 5.94. The van der Waals surface area contributed by atoms with E-state index in [4.69, 9.17) is 4.74 Å². The van der Waals surface area contributed by atoms with Gasteiger partial charge in [0.25, 0.3) is 0 Å². The molecule has 1 unspecified atom stereocenters. The Morgan fingerprint density at radius 2 is 2.06 bits per heavy atom. The van der Waals surface area contributed by atoms with Crippen LogP contribution in [0.3, 0.4) is 0 Å². The molecule has 0 saturated heterocycles. The highest BCUT2D eigenvalue weighted by Gasteiger charge is 2.24. The molecule has 1 aromatic carbocycles. The van der Waals surface area contributed by atoms with Crippen LogP contribution in [-0.4, -0.2) is 11.9 Å². The zero-order valence-electron chi connectivity index (χ0n) is 9.90. The van der Waals surface area contributed by atoms with E-state index in [9.17, 15) is 4.79 Å². The van der Waals surface area contributed by atoms with Gasteiger partial charge in [0.05, 0.1) is 0 Å². The second kappa shape index (κ2) is 4.69. The van der Waals surface area contributed by atoms with E-state index < -0.39 is 0 Å². The molecule has 0 aliphatic heterocycles. The lowest BCUT2D eigenvalue weighted by Gasteiger charge is -2.17. The van der Waals surface area contributed by atoms with E-state index >= 15 is 0 Å². The molecule has 86 valence electrons. The van der Waals surface area contributed by atoms with Crippen molar-refractivity contribution in [1.29, 1.82) is 0 Å². The van der Waals surface area contributed by atoms with E-state index in [-0.39, 0.29) is 6.10 Å². The molecule has 0 radical (unpaired) electrons. The Kier molecular flexibility index (Phi) is 3.28. The minimum atomic E-state index is 0.0902. The van der Waals surface area contributed by atoms with Gasteiger partial charge in [-0.15, -0.1) is 0 Å². The summed E-state index contributed by atoms with van der Waals surface area (Å²) < 4.78 is 5.92. The summed E-state index contributed by atoms with van der Waals surface area (Å²) in [7, 11) is 0. The molecule has 2 rings (SSSR count). The van der Waals surface area contributed by atoms with Crippen molar-refractivity contribution in [2.45, 2.75) is 45.1 Å². The largest absolute Gasteiger partial charge is 0.490 e. The van der Waals surface area contributed by atoms with Crippen LogP contribution in [0.2, 0.25) is 0 Å². The number of hydrogen-bond donors (Lipinski definition) is 0. The van der Waals surface area contributed by atoms with Crippen molar-refractivity contribution in [2.24, 2.45) is 0 Å². The number of benzene rings is 1. The Hall–Kier alpha value is -1.31. The fourth-order valence-electron chi connectivity index (χ4n) is 2.13. The molecular formula is C14H18O2. The van der Waals surface area contributed by atoms with Gasteiger partial charge in [0.1, 0.15) is 17.6 Å². The van der Waals surface area contributed by atoms with Crippen molar-refractivity contribution < 1.29 is 9.53 Å². The molecule has 0 amide bonds. The predicted octanol–water partition coefficient (Wildman–Crippen LogP) is 3.31. The Bertz CT molecular complexity index is 382. The summed E-state index contributed by atoms with van der Waals surface area (Å²) in [6, 6.07) is 8.11. The SMILES string of the molecule is CC(C)c1ccccc1OC1CCC(=O)C1. The number of para-hydroxylation sites is 1. The second-order valence-electron chi connectivity index (χ2n) is 4.71. The highest BCUT2D eigenvalue weighted by Crippen LogP contribution is 2.29. The molecule has 0 N–H and O–H groups in total. The molecule has 0 bridgehead atoms. The number of Topliss-reactive ketones (excluding diaryl/α,β-unsaturated/α-hetero) is 1. The third kappa shape index (κ3) is 2.43. The summed E-state index contributed by atoms with van der Waals surface area (Å²) in [6.45, 7) is 4.31. The van der Waals surface area contributed by atoms with Crippen molar-refractivity contribution >= 4 is 5.78 Å². The minimum Gasteiger partial charge on any atom is -0.490 e. The van der Waals surface area contributed by atoms with Crippen LogP contribution in [0.15, 0.2) is 24.3 Å². The normalized spacial score (nSPS) is 20.4. The van der Waals surface area contributed by atoms with Gasteiger partial charge in [-0.05, 0) is 24.0 Å². The maximum absolute atomic E-state index is 11.2. The quantitative estimate of drug-likeness (QED) is 0.778. The highest BCUT2D eigenvalue weighted by molar-refractivity contribution is 5.81. The van der Waals surface area contributed by atoms with E-state index in [1.165, 1.54) is 5.56 Å². The van der Waals surface area contributed by atoms with Gasteiger partial charge in [-0.25, -0.2) is 0 Å². The average molecular weight is 218 g/mol. The van der Waals surface area contributed by atoms with Crippen LogP contribution in [0.5, 0.6) is 5.75 Å². The Labute approximate surface area is 96.6 Å². The fourth-order valence-corrected chi connectivity index (χ4v) is 2.13. The van der Waals surface area contributed by atoms with E-state index in [1.807, 2.05) is 18.2 Å². The van der Waals surface area contributed by atoms with E-state index in [0.717, 1.165) is 12.2 Å². The first-order valence-corrected chi connectivity index (χ1v) is 5.94.